The van der Waals surface area contributed by atoms with E-state index in [4.69, 9.17) is 47.4 Å². The first-order valence-electron chi connectivity index (χ1n) is 23.8. The van der Waals surface area contributed by atoms with Crippen molar-refractivity contribution in [1.29, 1.82) is 0 Å². The number of fused-ring (bicyclic) bond motifs is 2. The number of nitrogens with zero attached hydrogens (tertiary/aromatic N) is 2. The number of ether oxygens (including phenoxy) is 10. The molecular formula is C54H74I2N2O12. The minimum Gasteiger partial charge on any atom is -1.00 e. The van der Waals surface area contributed by atoms with Crippen molar-refractivity contribution in [2.75, 3.05) is 110 Å². The Bertz CT molecular complexity index is 2190. The lowest BCUT2D eigenvalue weighted by atomic mass is 9.86. The molecular weight excluding hydrogens is 1120 g/mol. The molecule has 0 bridgehead atoms. The second-order valence-corrected chi connectivity index (χ2v) is 18.3. The molecule has 14 nitrogen and oxygen atoms in total. The number of methoxy groups -OCH3 is 8. The molecule has 4 aromatic rings. The van der Waals surface area contributed by atoms with Crippen molar-refractivity contribution in [1.82, 2.24) is 0 Å². The van der Waals surface area contributed by atoms with Gasteiger partial charge in [-0.1, -0.05) is 12.1 Å². The molecule has 0 saturated heterocycles. The van der Waals surface area contributed by atoms with Gasteiger partial charge in [-0.25, -0.2) is 0 Å². The molecule has 0 aromatic heterocycles. The number of hydrogen-bond acceptors (Lipinski definition) is 12. The van der Waals surface area contributed by atoms with Gasteiger partial charge in [0.05, 0.1) is 123 Å². The maximum absolute atomic E-state index is 13.2. The Hall–Kier alpha value is -4.40. The van der Waals surface area contributed by atoms with Gasteiger partial charge in [-0.2, -0.15) is 0 Å². The topological polar surface area (TPSA) is 126 Å². The van der Waals surface area contributed by atoms with Crippen LogP contribution in [-0.2, 0) is 44.7 Å². The zero-order chi connectivity index (χ0) is 48.8. The minimum atomic E-state index is -0.195. The van der Waals surface area contributed by atoms with Gasteiger partial charge in [0, 0.05) is 36.8 Å². The van der Waals surface area contributed by atoms with Crippen molar-refractivity contribution in [2.24, 2.45) is 0 Å². The first-order valence-corrected chi connectivity index (χ1v) is 23.8. The van der Waals surface area contributed by atoms with Crippen LogP contribution in [0.15, 0.2) is 60.7 Å². The van der Waals surface area contributed by atoms with E-state index in [9.17, 15) is 9.59 Å². The number of carbonyl (C=O) groups excluding carboxylic acids is 2. The lowest BCUT2D eigenvalue weighted by molar-refractivity contribution is -0.940. The first-order chi connectivity index (χ1) is 32.9. The molecule has 16 heteroatoms. The summed E-state index contributed by atoms with van der Waals surface area (Å²) in [5.41, 5.74) is 7.04. The van der Waals surface area contributed by atoms with Crippen LogP contribution in [0.1, 0.15) is 84.0 Å². The average molecular weight is 1200 g/mol. The number of unbranched alkanes of at least 4 members (excludes halogenated alkanes) is 3. The van der Waals surface area contributed by atoms with E-state index in [1.54, 1.807) is 56.9 Å². The Morgan fingerprint density at radius 2 is 0.786 bits per heavy atom. The van der Waals surface area contributed by atoms with Crippen LogP contribution in [0.25, 0.3) is 0 Å². The molecule has 0 unspecified atom stereocenters. The summed E-state index contributed by atoms with van der Waals surface area (Å²) in [4.78, 5) is 26.4. The second kappa shape index (κ2) is 27.4. The van der Waals surface area contributed by atoms with Crippen LogP contribution in [0.4, 0.5) is 0 Å². The summed E-state index contributed by atoms with van der Waals surface area (Å²) in [6.45, 7) is 3.70. The van der Waals surface area contributed by atoms with E-state index in [1.165, 1.54) is 22.3 Å². The number of halogens is 2. The van der Waals surface area contributed by atoms with E-state index in [1.807, 2.05) is 24.3 Å². The Morgan fingerprint density at radius 3 is 1.13 bits per heavy atom. The van der Waals surface area contributed by atoms with Gasteiger partial charge in [-0.15, -0.1) is 0 Å². The number of quaternary nitrogens is 2. The summed E-state index contributed by atoms with van der Waals surface area (Å²) in [5.74, 6) is 5.13. The monoisotopic (exact) mass is 1200 g/mol. The first kappa shape index (κ1) is 58.2. The number of hydrogen-bond donors (Lipinski definition) is 0. The van der Waals surface area contributed by atoms with Gasteiger partial charge in [0.2, 0.25) is 0 Å². The van der Waals surface area contributed by atoms with Crippen LogP contribution < -0.4 is 85.8 Å². The van der Waals surface area contributed by atoms with Gasteiger partial charge in [0.25, 0.3) is 0 Å². The van der Waals surface area contributed by atoms with Crippen molar-refractivity contribution in [3.63, 3.8) is 0 Å². The highest BCUT2D eigenvalue weighted by atomic mass is 127. The van der Waals surface area contributed by atoms with Crippen molar-refractivity contribution >= 4 is 11.9 Å². The standard InChI is InChI=1S/C54H74N2O12.2HI/c1-55(23-19-39-33-49(63-7)51(65-9)35-41(39)43(55)29-37-15-17-45(59-3)47(31-37)61-5)25-21-53(57)67-27-13-11-12-14-28-68-54(58)22-26-56(2)24-20-40-34-50(64-8)52(66-10)36-42(40)44(56)30-38-16-18-46(60-4)48(32-38)62-6;;/h15-18,31-36,43-44H,11-14,19-30H2,1-10H3;2*1H/q+2;;/p-2/t43-,44-,55-,56+;;/m1../s1. The Kier molecular flexibility index (Phi) is 22.8. The fourth-order valence-corrected chi connectivity index (χ4v) is 10.1. The highest BCUT2D eigenvalue weighted by Crippen LogP contribution is 2.45. The van der Waals surface area contributed by atoms with Crippen LogP contribution in [0.2, 0.25) is 0 Å². The predicted octanol–water partition coefficient (Wildman–Crippen LogP) is 2.46. The average Bonchev–Trinajstić information content (AvgIpc) is 3.36. The van der Waals surface area contributed by atoms with Gasteiger partial charge in [0.1, 0.15) is 12.1 Å². The van der Waals surface area contributed by atoms with Crippen LogP contribution in [0, 0.1) is 0 Å². The van der Waals surface area contributed by atoms with Crippen molar-refractivity contribution in [3.8, 4) is 46.0 Å². The molecule has 0 fully saturated rings. The Morgan fingerprint density at radius 1 is 0.457 bits per heavy atom. The third-order valence-electron chi connectivity index (χ3n) is 14.3. The lowest BCUT2D eigenvalue weighted by Gasteiger charge is -2.46. The van der Waals surface area contributed by atoms with Crippen molar-refractivity contribution in [2.45, 2.75) is 76.3 Å². The molecule has 4 atom stereocenters. The molecule has 2 heterocycles. The maximum Gasteiger partial charge on any atom is 0.311 e. The molecule has 386 valence electrons. The van der Waals surface area contributed by atoms with E-state index >= 15 is 0 Å². The predicted molar refractivity (Wildman–Crippen MR) is 260 cm³/mol. The summed E-state index contributed by atoms with van der Waals surface area (Å²) in [7, 11) is 17.6. The number of esters is 2. The molecule has 6 rings (SSSR count). The van der Waals surface area contributed by atoms with Crippen LogP contribution in [0.3, 0.4) is 0 Å². The number of rotatable bonds is 25. The fraction of sp³-hybridized carbons (Fsp3) is 0.519. The molecule has 0 spiro atoms. The molecule has 0 saturated carbocycles. The molecule has 4 aromatic carbocycles. The quantitative estimate of drug-likeness (QED) is 0.0420. The van der Waals surface area contributed by atoms with E-state index in [0.717, 1.165) is 75.6 Å². The summed E-state index contributed by atoms with van der Waals surface area (Å²) >= 11 is 0. The summed E-state index contributed by atoms with van der Waals surface area (Å²) in [6, 6.07) is 20.6. The maximum atomic E-state index is 13.2. The van der Waals surface area contributed by atoms with E-state index < -0.39 is 0 Å². The third kappa shape index (κ3) is 14.2. The second-order valence-electron chi connectivity index (χ2n) is 18.3. The van der Waals surface area contributed by atoms with Gasteiger partial charge in [0.15, 0.2) is 46.0 Å². The minimum absolute atomic E-state index is 0. The van der Waals surface area contributed by atoms with Crippen molar-refractivity contribution < 1.29 is 114 Å². The Labute approximate surface area is 449 Å². The van der Waals surface area contributed by atoms with E-state index in [2.05, 4.69) is 50.5 Å². The molecule has 0 N–H and O–H groups in total. The molecule has 2 aliphatic rings. The van der Waals surface area contributed by atoms with Gasteiger partial charge in [-0.05, 0) is 96.5 Å². The molecule has 2 aliphatic heterocycles. The summed E-state index contributed by atoms with van der Waals surface area (Å²) < 4.78 is 57.9. The van der Waals surface area contributed by atoms with Crippen LogP contribution in [0.5, 0.6) is 46.0 Å². The summed E-state index contributed by atoms with van der Waals surface area (Å²) in [6.07, 6.45) is 7.00. The van der Waals surface area contributed by atoms with Crippen LogP contribution >= 0.6 is 0 Å². The van der Waals surface area contributed by atoms with Gasteiger partial charge < -0.3 is 104 Å². The third-order valence-corrected chi connectivity index (χ3v) is 14.3. The lowest BCUT2D eigenvalue weighted by Crippen LogP contribution is -3.00. The number of likely N-dealkylation sites (N-methyl/N-ethyl adjacent to an activating group) is 2. The van der Waals surface area contributed by atoms with Crippen molar-refractivity contribution in [3.05, 3.63) is 94.0 Å². The highest BCUT2D eigenvalue weighted by Gasteiger charge is 2.42. The van der Waals surface area contributed by atoms with Gasteiger partial charge in [-0.3, -0.25) is 9.59 Å². The van der Waals surface area contributed by atoms with Crippen LogP contribution in [-0.4, -0.2) is 131 Å². The normalized spacial score (nSPS) is 18.9. The largest absolute Gasteiger partial charge is 1.00 e. The zero-order valence-electron chi connectivity index (χ0n) is 42.8. The SMILES string of the molecule is COc1ccc(C[C@@H]2c3cc(OC)c(OC)cc3CC[N@+]2(C)CCC(=O)OCCCCCCOC(=O)CC[N@+]2(C)CCc3cc(OC)c(OC)cc3[C@H]2Cc2ccc(OC)c(OC)c2)cc1OC.[I-].[I-]. The number of benzene rings is 4. The highest BCUT2D eigenvalue weighted by molar-refractivity contribution is 5.69. The van der Waals surface area contributed by atoms with E-state index in [0.29, 0.717) is 94.1 Å². The fourth-order valence-electron chi connectivity index (χ4n) is 10.1. The van der Waals surface area contributed by atoms with E-state index in [-0.39, 0.29) is 72.0 Å². The molecule has 0 aliphatic carbocycles. The molecule has 70 heavy (non-hydrogen) atoms. The molecule has 0 amide bonds. The zero-order valence-corrected chi connectivity index (χ0v) is 47.1. The molecule has 0 radical (unpaired) electrons. The Balaban J connectivity index is 0.00000533. The van der Waals surface area contributed by atoms with Gasteiger partial charge >= 0.3 is 11.9 Å². The summed E-state index contributed by atoms with van der Waals surface area (Å²) in [5, 5.41) is 0. The number of carbonyl (C=O) groups is 2. The smallest absolute Gasteiger partial charge is 0.311 e.